The first-order valence-electron chi connectivity index (χ1n) is 5.98. The van der Waals surface area contributed by atoms with Gasteiger partial charge in [-0.15, -0.1) is 0 Å². The van der Waals surface area contributed by atoms with E-state index in [9.17, 15) is 13.6 Å². The monoisotopic (exact) mass is 256 g/mol. The maximum atomic E-state index is 13.5. The van der Waals surface area contributed by atoms with Crippen molar-refractivity contribution in [1.29, 1.82) is 0 Å². The highest BCUT2D eigenvalue weighted by Crippen LogP contribution is 2.18. The number of nitrogens with two attached hydrogens (primary N) is 1. The lowest BCUT2D eigenvalue weighted by Gasteiger charge is -2.15. The van der Waals surface area contributed by atoms with Crippen LogP contribution in [0.4, 0.5) is 8.78 Å². The number of nitrogens with one attached hydrogen (secondary N) is 1. The second-order valence-electron chi connectivity index (χ2n) is 4.24. The van der Waals surface area contributed by atoms with E-state index in [4.69, 9.17) is 5.73 Å². The van der Waals surface area contributed by atoms with Crippen molar-refractivity contribution >= 4 is 5.91 Å². The summed E-state index contributed by atoms with van der Waals surface area (Å²) >= 11 is 0. The third kappa shape index (κ3) is 4.41. The number of primary amides is 1. The van der Waals surface area contributed by atoms with Gasteiger partial charge in [0, 0.05) is 18.0 Å². The van der Waals surface area contributed by atoms with E-state index in [1.54, 1.807) is 13.0 Å². The van der Waals surface area contributed by atoms with Gasteiger partial charge in [0.15, 0.2) is 11.6 Å². The second-order valence-corrected chi connectivity index (χ2v) is 4.24. The molecule has 1 aromatic carbocycles. The standard InChI is InChI=1S/C13H18F2N2O/c1-9(17-8-3-2-7-12(16)18)10-5-4-6-11(14)13(10)15/h4-6,9,17H,2-3,7-8H2,1H3,(H2,16,18). The van der Waals surface area contributed by atoms with E-state index in [1.165, 1.54) is 6.07 Å². The number of halogens is 2. The van der Waals surface area contributed by atoms with E-state index in [1.807, 2.05) is 0 Å². The van der Waals surface area contributed by atoms with Crippen LogP contribution in [0.3, 0.4) is 0 Å². The van der Waals surface area contributed by atoms with Gasteiger partial charge in [0.05, 0.1) is 0 Å². The first-order valence-corrected chi connectivity index (χ1v) is 5.98. The Labute approximate surface area is 105 Å². The molecule has 100 valence electrons. The van der Waals surface area contributed by atoms with Gasteiger partial charge in [0.2, 0.25) is 5.91 Å². The van der Waals surface area contributed by atoms with Crippen LogP contribution in [0.1, 0.15) is 37.8 Å². The highest BCUT2D eigenvalue weighted by atomic mass is 19.2. The van der Waals surface area contributed by atoms with Gasteiger partial charge in [0.25, 0.3) is 0 Å². The van der Waals surface area contributed by atoms with Gasteiger partial charge in [0.1, 0.15) is 0 Å². The third-order valence-electron chi connectivity index (χ3n) is 2.75. The molecular formula is C13H18F2N2O. The molecule has 0 aromatic heterocycles. The van der Waals surface area contributed by atoms with Gasteiger partial charge in [-0.2, -0.15) is 0 Å². The number of carbonyl (C=O) groups is 1. The number of unbranched alkanes of at least 4 members (excludes halogenated alkanes) is 1. The Morgan fingerprint density at radius 3 is 2.78 bits per heavy atom. The van der Waals surface area contributed by atoms with Crippen LogP contribution in [0.2, 0.25) is 0 Å². The quantitative estimate of drug-likeness (QED) is 0.735. The summed E-state index contributed by atoms with van der Waals surface area (Å²) in [5, 5.41) is 3.08. The molecule has 0 aliphatic rings. The van der Waals surface area contributed by atoms with Crippen molar-refractivity contribution in [3.8, 4) is 0 Å². The Hall–Kier alpha value is -1.49. The molecule has 0 aliphatic heterocycles. The zero-order valence-electron chi connectivity index (χ0n) is 10.4. The van der Waals surface area contributed by atoms with Crippen molar-refractivity contribution in [2.75, 3.05) is 6.54 Å². The van der Waals surface area contributed by atoms with Gasteiger partial charge in [-0.1, -0.05) is 12.1 Å². The summed E-state index contributed by atoms with van der Waals surface area (Å²) in [6, 6.07) is 3.87. The number of hydrogen-bond acceptors (Lipinski definition) is 2. The highest BCUT2D eigenvalue weighted by Gasteiger charge is 2.13. The maximum Gasteiger partial charge on any atom is 0.217 e. The highest BCUT2D eigenvalue weighted by molar-refractivity contribution is 5.73. The van der Waals surface area contributed by atoms with E-state index in [2.05, 4.69) is 5.32 Å². The SMILES string of the molecule is CC(NCCCCC(N)=O)c1cccc(F)c1F. The normalized spacial score (nSPS) is 12.4. The minimum Gasteiger partial charge on any atom is -0.370 e. The van der Waals surface area contributed by atoms with Crippen molar-refractivity contribution < 1.29 is 13.6 Å². The van der Waals surface area contributed by atoms with E-state index >= 15 is 0 Å². The Kier molecular flexibility index (Phi) is 5.71. The number of hydrogen-bond donors (Lipinski definition) is 2. The molecule has 0 fully saturated rings. The second kappa shape index (κ2) is 7.06. The smallest absolute Gasteiger partial charge is 0.217 e. The molecule has 0 heterocycles. The molecule has 1 atom stereocenters. The van der Waals surface area contributed by atoms with Gasteiger partial charge < -0.3 is 11.1 Å². The van der Waals surface area contributed by atoms with Crippen LogP contribution in [0, 0.1) is 11.6 Å². The summed E-state index contributed by atoms with van der Waals surface area (Å²) in [5.74, 6) is -1.97. The van der Waals surface area contributed by atoms with E-state index in [0.29, 0.717) is 24.9 Å². The van der Waals surface area contributed by atoms with Crippen LogP contribution in [0.25, 0.3) is 0 Å². The zero-order chi connectivity index (χ0) is 13.5. The fourth-order valence-corrected chi connectivity index (χ4v) is 1.71. The van der Waals surface area contributed by atoms with Crippen LogP contribution in [-0.2, 0) is 4.79 Å². The van der Waals surface area contributed by atoms with Gasteiger partial charge in [-0.05, 0) is 32.4 Å². The van der Waals surface area contributed by atoms with Crippen LogP contribution >= 0.6 is 0 Å². The Morgan fingerprint density at radius 1 is 1.39 bits per heavy atom. The minimum absolute atomic E-state index is 0.269. The largest absolute Gasteiger partial charge is 0.370 e. The molecule has 0 aliphatic carbocycles. The Morgan fingerprint density at radius 2 is 2.11 bits per heavy atom. The molecule has 1 rings (SSSR count). The topological polar surface area (TPSA) is 55.1 Å². The predicted octanol–water partition coefficient (Wildman–Crippen LogP) is 2.27. The molecule has 3 nitrogen and oxygen atoms in total. The Balaban J connectivity index is 2.38. The van der Waals surface area contributed by atoms with Gasteiger partial charge >= 0.3 is 0 Å². The molecule has 0 radical (unpaired) electrons. The van der Waals surface area contributed by atoms with Crippen molar-refractivity contribution in [2.45, 2.75) is 32.2 Å². The average Bonchev–Trinajstić information content (AvgIpc) is 2.31. The lowest BCUT2D eigenvalue weighted by molar-refractivity contribution is -0.118. The number of carbonyl (C=O) groups excluding carboxylic acids is 1. The molecule has 18 heavy (non-hydrogen) atoms. The van der Waals surface area contributed by atoms with Crippen molar-refractivity contribution in [1.82, 2.24) is 5.32 Å². The van der Waals surface area contributed by atoms with Crippen molar-refractivity contribution in [3.63, 3.8) is 0 Å². The first-order chi connectivity index (χ1) is 8.52. The van der Waals surface area contributed by atoms with E-state index in [-0.39, 0.29) is 11.9 Å². The summed E-state index contributed by atoms with van der Waals surface area (Å²) in [4.78, 5) is 10.5. The molecule has 3 N–H and O–H groups in total. The summed E-state index contributed by atoms with van der Waals surface area (Å²) < 4.78 is 26.5. The number of rotatable bonds is 7. The molecule has 1 unspecified atom stereocenters. The Bertz CT molecular complexity index is 410. The zero-order valence-corrected chi connectivity index (χ0v) is 10.4. The molecule has 0 saturated carbocycles. The predicted molar refractivity (Wildman–Crippen MR) is 65.8 cm³/mol. The lowest BCUT2D eigenvalue weighted by atomic mass is 10.1. The summed E-state index contributed by atoms with van der Waals surface area (Å²) in [6.45, 7) is 2.40. The first kappa shape index (κ1) is 14.6. The average molecular weight is 256 g/mol. The molecule has 5 heteroatoms. The summed E-state index contributed by atoms with van der Waals surface area (Å²) in [5.41, 5.74) is 5.32. The summed E-state index contributed by atoms with van der Waals surface area (Å²) in [6.07, 6.45) is 1.81. The van der Waals surface area contributed by atoms with Gasteiger partial charge in [-0.25, -0.2) is 8.78 Å². The fourth-order valence-electron chi connectivity index (χ4n) is 1.71. The maximum absolute atomic E-state index is 13.5. The van der Waals surface area contributed by atoms with Crippen LogP contribution < -0.4 is 11.1 Å². The van der Waals surface area contributed by atoms with Crippen LogP contribution in [-0.4, -0.2) is 12.5 Å². The van der Waals surface area contributed by atoms with E-state index < -0.39 is 11.6 Å². The molecule has 0 spiro atoms. The lowest BCUT2D eigenvalue weighted by Crippen LogP contribution is -2.21. The summed E-state index contributed by atoms with van der Waals surface area (Å²) in [7, 11) is 0. The third-order valence-corrected chi connectivity index (χ3v) is 2.75. The van der Waals surface area contributed by atoms with Crippen LogP contribution in [0.15, 0.2) is 18.2 Å². The fraction of sp³-hybridized carbons (Fsp3) is 0.462. The number of benzene rings is 1. The molecule has 0 saturated heterocycles. The van der Waals surface area contributed by atoms with Crippen LogP contribution in [0.5, 0.6) is 0 Å². The van der Waals surface area contributed by atoms with Crippen molar-refractivity contribution in [2.24, 2.45) is 5.73 Å². The van der Waals surface area contributed by atoms with Crippen molar-refractivity contribution in [3.05, 3.63) is 35.4 Å². The molecule has 1 amide bonds. The molecular weight excluding hydrogens is 238 g/mol. The number of amides is 1. The minimum atomic E-state index is -0.838. The molecule has 1 aromatic rings. The van der Waals surface area contributed by atoms with E-state index in [0.717, 1.165) is 12.5 Å². The van der Waals surface area contributed by atoms with Gasteiger partial charge in [-0.3, -0.25) is 4.79 Å². The molecule has 0 bridgehead atoms.